The van der Waals surface area contributed by atoms with E-state index in [1.807, 2.05) is 0 Å². The van der Waals surface area contributed by atoms with E-state index in [0.29, 0.717) is 5.69 Å². The number of nitrogens with zero attached hydrogens (tertiary/aromatic N) is 2. The molecule has 0 unspecified atom stereocenters. The third-order valence-corrected chi connectivity index (χ3v) is 2.32. The zero-order chi connectivity index (χ0) is 14.6. The summed E-state index contributed by atoms with van der Waals surface area (Å²) in [5.41, 5.74) is -0.455. The zero-order valence-electron chi connectivity index (χ0n) is 10.6. The molecule has 1 aromatic heterocycles. The molecule has 0 bridgehead atoms. The van der Waals surface area contributed by atoms with Gasteiger partial charge in [0.25, 0.3) is 0 Å². The largest absolute Gasteiger partial charge is 0.478 e. The summed E-state index contributed by atoms with van der Waals surface area (Å²) in [5.74, 6) is -0.275. The Hall–Kier alpha value is -2.31. The van der Waals surface area contributed by atoms with Crippen LogP contribution in [0.2, 0.25) is 0 Å². The van der Waals surface area contributed by atoms with Gasteiger partial charge in [-0.1, -0.05) is 18.2 Å². The van der Waals surface area contributed by atoms with Crippen LogP contribution in [0.4, 0.5) is 24.8 Å². The maximum absolute atomic E-state index is 12.8. The van der Waals surface area contributed by atoms with Crippen LogP contribution in [-0.2, 0) is 6.18 Å². The number of nitrogens with one attached hydrogen (secondary N) is 1. The predicted molar refractivity (Wildman–Crippen MR) is 67.9 cm³/mol. The number of benzene rings is 1. The Balaban J connectivity index is 2.34. The Morgan fingerprint density at radius 2 is 1.85 bits per heavy atom. The van der Waals surface area contributed by atoms with Crippen molar-refractivity contribution in [2.45, 2.75) is 13.1 Å². The molecule has 0 aliphatic rings. The standard InChI is InChI=1S/C13H12F3N3O/c1-2-20-11-8-10(13(14,15)16)18-12(19-11)17-9-6-4-3-5-7-9/h3-8H,2H2,1H3,(H,17,18,19). The lowest BCUT2D eigenvalue weighted by atomic mass is 10.3. The monoisotopic (exact) mass is 283 g/mol. The van der Waals surface area contributed by atoms with Crippen molar-refractivity contribution in [1.29, 1.82) is 0 Å². The number of aromatic nitrogens is 2. The molecule has 0 amide bonds. The minimum atomic E-state index is -4.55. The number of hydrogen-bond acceptors (Lipinski definition) is 4. The van der Waals surface area contributed by atoms with Crippen LogP contribution in [0.3, 0.4) is 0 Å². The third-order valence-electron chi connectivity index (χ3n) is 2.32. The van der Waals surface area contributed by atoms with Gasteiger partial charge < -0.3 is 10.1 Å². The highest BCUT2D eigenvalue weighted by Gasteiger charge is 2.34. The molecule has 0 atom stereocenters. The highest BCUT2D eigenvalue weighted by Crippen LogP contribution is 2.30. The van der Waals surface area contributed by atoms with E-state index in [-0.39, 0.29) is 18.4 Å². The summed E-state index contributed by atoms with van der Waals surface area (Å²) in [6.07, 6.45) is -4.55. The van der Waals surface area contributed by atoms with Crippen molar-refractivity contribution in [3.8, 4) is 5.88 Å². The van der Waals surface area contributed by atoms with Gasteiger partial charge in [-0.25, -0.2) is 4.98 Å². The molecule has 0 aliphatic carbocycles. The van der Waals surface area contributed by atoms with E-state index in [4.69, 9.17) is 4.74 Å². The fourth-order valence-electron chi connectivity index (χ4n) is 1.50. The Morgan fingerprint density at radius 3 is 2.45 bits per heavy atom. The van der Waals surface area contributed by atoms with Crippen molar-refractivity contribution in [2.24, 2.45) is 0 Å². The van der Waals surface area contributed by atoms with E-state index in [0.717, 1.165) is 6.07 Å². The first-order valence-electron chi connectivity index (χ1n) is 5.90. The Morgan fingerprint density at radius 1 is 1.15 bits per heavy atom. The topological polar surface area (TPSA) is 47.0 Å². The van der Waals surface area contributed by atoms with Gasteiger partial charge in [0.15, 0.2) is 5.69 Å². The summed E-state index contributed by atoms with van der Waals surface area (Å²) in [7, 11) is 0. The van der Waals surface area contributed by atoms with Gasteiger partial charge in [-0.3, -0.25) is 0 Å². The molecule has 0 radical (unpaired) electrons. The highest BCUT2D eigenvalue weighted by molar-refractivity contribution is 5.53. The Bertz CT molecular complexity index is 573. The van der Waals surface area contributed by atoms with E-state index in [9.17, 15) is 13.2 Å². The molecule has 0 saturated heterocycles. The van der Waals surface area contributed by atoms with E-state index in [1.165, 1.54) is 0 Å². The van der Waals surface area contributed by atoms with Crippen molar-refractivity contribution in [3.63, 3.8) is 0 Å². The summed E-state index contributed by atoms with van der Waals surface area (Å²) in [6.45, 7) is 1.89. The second kappa shape index (κ2) is 5.77. The zero-order valence-corrected chi connectivity index (χ0v) is 10.6. The first-order chi connectivity index (χ1) is 9.49. The van der Waals surface area contributed by atoms with Crippen molar-refractivity contribution in [1.82, 2.24) is 9.97 Å². The molecule has 0 saturated carbocycles. The van der Waals surface area contributed by atoms with Crippen molar-refractivity contribution < 1.29 is 17.9 Å². The first kappa shape index (κ1) is 14.1. The van der Waals surface area contributed by atoms with E-state index < -0.39 is 11.9 Å². The van der Waals surface area contributed by atoms with Crippen molar-refractivity contribution in [3.05, 3.63) is 42.1 Å². The number of para-hydroxylation sites is 1. The summed E-state index contributed by atoms with van der Waals surface area (Å²) >= 11 is 0. The lowest BCUT2D eigenvalue weighted by Gasteiger charge is -2.11. The lowest BCUT2D eigenvalue weighted by molar-refractivity contribution is -0.141. The first-order valence-corrected chi connectivity index (χ1v) is 5.90. The molecule has 0 spiro atoms. The number of alkyl halides is 3. The average molecular weight is 283 g/mol. The molecule has 0 aliphatic heterocycles. The molecular weight excluding hydrogens is 271 g/mol. The predicted octanol–water partition coefficient (Wildman–Crippen LogP) is 3.64. The summed E-state index contributed by atoms with van der Waals surface area (Å²) < 4.78 is 43.3. The number of halogens is 3. The Labute approximate surface area is 113 Å². The minimum Gasteiger partial charge on any atom is -0.478 e. The lowest BCUT2D eigenvalue weighted by Crippen LogP contribution is -2.11. The summed E-state index contributed by atoms with van der Waals surface area (Å²) in [5, 5.41) is 2.71. The van der Waals surface area contributed by atoms with Gasteiger partial charge in [-0.15, -0.1) is 0 Å². The van der Waals surface area contributed by atoms with Gasteiger partial charge in [-0.2, -0.15) is 18.2 Å². The van der Waals surface area contributed by atoms with Crippen LogP contribution >= 0.6 is 0 Å². The molecule has 7 heteroatoms. The van der Waals surface area contributed by atoms with Crippen LogP contribution in [0.1, 0.15) is 12.6 Å². The van der Waals surface area contributed by atoms with Gasteiger partial charge in [0.05, 0.1) is 6.61 Å². The maximum Gasteiger partial charge on any atom is 0.433 e. The van der Waals surface area contributed by atoms with Crippen LogP contribution in [0.25, 0.3) is 0 Å². The van der Waals surface area contributed by atoms with Crippen LogP contribution in [-0.4, -0.2) is 16.6 Å². The van der Waals surface area contributed by atoms with Crippen LogP contribution in [0.5, 0.6) is 5.88 Å². The molecule has 1 aromatic carbocycles. The van der Waals surface area contributed by atoms with Crippen LogP contribution in [0, 0.1) is 0 Å². The number of ether oxygens (including phenoxy) is 1. The SMILES string of the molecule is CCOc1cc(C(F)(F)F)nc(Nc2ccccc2)n1. The minimum absolute atomic E-state index is 0.117. The average Bonchev–Trinajstić information content (AvgIpc) is 2.39. The number of rotatable bonds is 4. The second-order valence-corrected chi connectivity index (χ2v) is 3.84. The molecule has 0 fully saturated rings. The van der Waals surface area contributed by atoms with E-state index >= 15 is 0 Å². The van der Waals surface area contributed by atoms with Gasteiger partial charge in [0.2, 0.25) is 11.8 Å². The fraction of sp³-hybridized carbons (Fsp3) is 0.231. The second-order valence-electron chi connectivity index (χ2n) is 3.84. The fourth-order valence-corrected chi connectivity index (χ4v) is 1.50. The van der Waals surface area contributed by atoms with Gasteiger partial charge in [0, 0.05) is 11.8 Å². The molecule has 1 heterocycles. The maximum atomic E-state index is 12.8. The van der Waals surface area contributed by atoms with Crippen LogP contribution < -0.4 is 10.1 Å². The quantitative estimate of drug-likeness (QED) is 0.930. The number of hydrogen-bond donors (Lipinski definition) is 1. The molecule has 1 N–H and O–H groups in total. The molecule has 2 aromatic rings. The number of anilines is 2. The van der Waals surface area contributed by atoms with Gasteiger partial charge >= 0.3 is 6.18 Å². The summed E-state index contributed by atoms with van der Waals surface area (Å²) in [6, 6.07) is 9.47. The third kappa shape index (κ3) is 3.59. The Kier molecular flexibility index (Phi) is 4.07. The van der Waals surface area contributed by atoms with Gasteiger partial charge in [0.1, 0.15) is 0 Å². The summed E-state index contributed by atoms with van der Waals surface area (Å²) in [4.78, 5) is 7.34. The van der Waals surface area contributed by atoms with Gasteiger partial charge in [-0.05, 0) is 19.1 Å². The smallest absolute Gasteiger partial charge is 0.433 e. The van der Waals surface area contributed by atoms with E-state index in [1.54, 1.807) is 37.3 Å². The van der Waals surface area contributed by atoms with Crippen molar-refractivity contribution in [2.75, 3.05) is 11.9 Å². The normalized spacial score (nSPS) is 11.2. The molecular formula is C13H12F3N3O. The molecule has 20 heavy (non-hydrogen) atoms. The molecule has 106 valence electrons. The highest BCUT2D eigenvalue weighted by atomic mass is 19.4. The van der Waals surface area contributed by atoms with E-state index in [2.05, 4.69) is 15.3 Å². The molecule has 2 rings (SSSR count). The molecule has 4 nitrogen and oxygen atoms in total. The van der Waals surface area contributed by atoms with Crippen LogP contribution in [0.15, 0.2) is 36.4 Å². The van der Waals surface area contributed by atoms with Crippen molar-refractivity contribution >= 4 is 11.6 Å².